The van der Waals surface area contributed by atoms with Crippen LogP contribution in [-0.2, 0) is 0 Å². The highest BCUT2D eigenvalue weighted by atomic mass is 35.5. The number of benzene rings is 2. The van der Waals surface area contributed by atoms with Crippen LogP contribution in [-0.4, -0.2) is 21.6 Å². The zero-order valence-corrected chi connectivity index (χ0v) is 20.4. The molecule has 2 amide bonds. The molecule has 0 saturated heterocycles. The van der Waals surface area contributed by atoms with Crippen LogP contribution in [0.2, 0.25) is 15.1 Å². The Balaban J connectivity index is 1.72. The molecule has 1 N–H and O–H groups in total. The molecular formula is C22H15Cl4N3O2S. The van der Waals surface area contributed by atoms with Crippen LogP contribution in [0.1, 0.15) is 43.8 Å². The number of hydrogen-bond donors (Lipinski definition) is 1. The molecule has 1 aromatic heterocycles. The maximum absolute atomic E-state index is 13.0. The fourth-order valence-electron chi connectivity index (χ4n) is 3.37. The number of carbonyl (C=O) groups excluding carboxylic acids is 2. The van der Waals surface area contributed by atoms with Crippen molar-refractivity contribution in [2.45, 2.75) is 18.6 Å². The first-order valence-electron chi connectivity index (χ1n) is 9.43. The monoisotopic (exact) mass is 525 g/mol. The van der Waals surface area contributed by atoms with E-state index in [2.05, 4.69) is 10.4 Å². The van der Waals surface area contributed by atoms with Crippen LogP contribution in [0, 0.1) is 6.92 Å². The number of allylic oxidation sites excluding steroid dienone is 1. The van der Waals surface area contributed by atoms with Crippen LogP contribution in [0.3, 0.4) is 0 Å². The minimum atomic E-state index is -0.616. The lowest BCUT2D eigenvalue weighted by Gasteiger charge is -2.15. The van der Waals surface area contributed by atoms with Crippen LogP contribution in [0.15, 0.2) is 52.9 Å². The SMILES string of the molecule is Cc1c(C(=O)NC(=O)c2ccc(Cl)cc2)nn(-c2ccc(Cl)cc2Cl)c1C1CC=C(Cl)S1. The van der Waals surface area contributed by atoms with E-state index in [1.165, 1.54) is 23.9 Å². The summed E-state index contributed by atoms with van der Waals surface area (Å²) in [5.74, 6) is -1.17. The number of amides is 2. The van der Waals surface area contributed by atoms with Gasteiger partial charge >= 0.3 is 0 Å². The number of halogens is 4. The van der Waals surface area contributed by atoms with Crippen LogP contribution < -0.4 is 5.32 Å². The molecule has 1 aliphatic heterocycles. The van der Waals surface area contributed by atoms with E-state index in [4.69, 9.17) is 46.4 Å². The second-order valence-corrected chi connectivity index (χ2v) is 10.2. The molecule has 0 spiro atoms. The van der Waals surface area contributed by atoms with Gasteiger partial charge in [0.05, 0.1) is 26.0 Å². The molecule has 0 saturated carbocycles. The third kappa shape index (κ3) is 4.70. The fraction of sp³-hybridized carbons (Fsp3) is 0.136. The van der Waals surface area contributed by atoms with Crippen molar-refractivity contribution in [3.63, 3.8) is 0 Å². The number of thioether (sulfide) groups is 1. The number of rotatable bonds is 4. The summed E-state index contributed by atoms with van der Waals surface area (Å²) in [7, 11) is 0. The molecule has 32 heavy (non-hydrogen) atoms. The number of carbonyl (C=O) groups is 2. The lowest BCUT2D eigenvalue weighted by molar-refractivity contribution is 0.0846. The molecule has 5 nitrogen and oxygen atoms in total. The van der Waals surface area contributed by atoms with E-state index in [0.29, 0.717) is 42.7 Å². The predicted octanol–water partition coefficient (Wildman–Crippen LogP) is 6.97. The Morgan fingerprint density at radius 1 is 1.03 bits per heavy atom. The summed E-state index contributed by atoms with van der Waals surface area (Å²) in [5, 5.41) is 8.21. The number of aromatic nitrogens is 2. The lowest BCUT2D eigenvalue weighted by atomic mass is 10.1. The van der Waals surface area contributed by atoms with Gasteiger partial charge in [-0.25, -0.2) is 4.68 Å². The highest BCUT2D eigenvalue weighted by Crippen LogP contribution is 2.47. The molecule has 10 heteroatoms. The smallest absolute Gasteiger partial charge is 0.278 e. The van der Waals surface area contributed by atoms with Gasteiger partial charge in [-0.05, 0) is 55.8 Å². The Morgan fingerprint density at radius 3 is 2.34 bits per heavy atom. The van der Waals surface area contributed by atoms with Crippen molar-refractivity contribution in [2.75, 3.05) is 0 Å². The quantitative estimate of drug-likeness (QED) is 0.373. The Bertz CT molecular complexity index is 1250. The highest BCUT2D eigenvalue weighted by molar-refractivity contribution is 8.05. The topological polar surface area (TPSA) is 64.0 Å². The predicted molar refractivity (Wildman–Crippen MR) is 130 cm³/mol. The van der Waals surface area contributed by atoms with Gasteiger partial charge in [0.25, 0.3) is 11.8 Å². The molecule has 0 aliphatic carbocycles. The van der Waals surface area contributed by atoms with E-state index in [0.717, 1.165) is 5.69 Å². The largest absolute Gasteiger partial charge is 0.287 e. The van der Waals surface area contributed by atoms with Crippen molar-refractivity contribution in [2.24, 2.45) is 0 Å². The molecule has 1 aliphatic rings. The Hall–Kier alpha value is -1.96. The van der Waals surface area contributed by atoms with E-state index in [1.54, 1.807) is 41.9 Å². The summed E-state index contributed by atoms with van der Waals surface area (Å²) in [4.78, 5) is 25.5. The minimum Gasteiger partial charge on any atom is -0.287 e. The molecule has 2 aromatic carbocycles. The molecule has 1 atom stereocenters. The number of hydrogen-bond acceptors (Lipinski definition) is 4. The van der Waals surface area contributed by atoms with Crippen LogP contribution in [0.4, 0.5) is 0 Å². The molecule has 2 heterocycles. The summed E-state index contributed by atoms with van der Waals surface area (Å²) in [5.41, 5.74) is 2.41. The molecule has 0 radical (unpaired) electrons. The van der Waals surface area contributed by atoms with Crippen molar-refractivity contribution in [1.82, 2.24) is 15.1 Å². The third-order valence-electron chi connectivity index (χ3n) is 4.91. The third-order valence-corrected chi connectivity index (χ3v) is 7.21. The first kappa shape index (κ1) is 23.2. The molecule has 3 aromatic rings. The van der Waals surface area contributed by atoms with Gasteiger partial charge in [-0.15, -0.1) is 11.8 Å². The zero-order chi connectivity index (χ0) is 23.0. The van der Waals surface area contributed by atoms with Gasteiger partial charge in [0.15, 0.2) is 5.69 Å². The average molecular weight is 527 g/mol. The number of nitrogens with one attached hydrogen (secondary N) is 1. The minimum absolute atomic E-state index is 0.0599. The van der Waals surface area contributed by atoms with Crippen LogP contribution >= 0.6 is 58.2 Å². The van der Waals surface area contributed by atoms with Crippen molar-refractivity contribution in [3.8, 4) is 5.69 Å². The molecule has 1 unspecified atom stereocenters. The van der Waals surface area contributed by atoms with Crippen LogP contribution in [0.5, 0.6) is 0 Å². The first-order chi connectivity index (χ1) is 15.2. The van der Waals surface area contributed by atoms with Gasteiger partial charge < -0.3 is 0 Å². The number of imide groups is 1. The standard InChI is InChI=1S/C22H15Cl4N3O2S/c1-11-19(22(31)27-21(30)12-2-4-13(23)5-3-12)28-29(16-7-6-14(24)10-15(16)25)20(11)17-8-9-18(26)32-17/h2-7,9-10,17H,8H2,1H3,(H,27,30,31). The highest BCUT2D eigenvalue weighted by Gasteiger charge is 2.30. The Kier molecular flexibility index (Phi) is 6.89. The van der Waals surface area contributed by atoms with E-state index < -0.39 is 11.8 Å². The van der Waals surface area contributed by atoms with Gasteiger partial charge in [-0.1, -0.05) is 52.5 Å². The van der Waals surface area contributed by atoms with Gasteiger partial charge in [-0.3, -0.25) is 14.9 Å². The van der Waals surface area contributed by atoms with E-state index >= 15 is 0 Å². The van der Waals surface area contributed by atoms with E-state index in [1.807, 2.05) is 6.08 Å². The van der Waals surface area contributed by atoms with Crippen molar-refractivity contribution >= 4 is 70.0 Å². The molecule has 0 bridgehead atoms. The molecule has 4 rings (SSSR count). The normalized spacial score (nSPS) is 15.5. The van der Waals surface area contributed by atoms with E-state index in [9.17, 15) is 9.59 Å². The van der Waals surface area contributed by atoms with Gasteiger partial charge in [0.2, 0.25) is 0 Å². The van der Waals surface area contributed by atoms with Crippen molar-refractivity contribution in [1.29, 1.82) is 0 Å². The van der Waals surface area contributed by atoms with Gasteiger partial charge in [0.1, 0.15) is 0 Å². The second kappa shape index (κ2) is 9.49. The lowest BCUT2D eigenvalue weighted by Crippen LogP contribution is -2.31. The fourth-order valence-corrected chi connectivity index (χ4v) is 5.45. The summed E-state index contributed by atoms with van der Waals surface area (Å²) in [6, 6.07) is 11.3. The van der Waals surface area contributed by atoms with Crippen molar-refractivity contribution in [3.05, 3.63) is 90.5 Å². The second-order valence-electron chi connectivity index (χ2n) is 7.01. The zero-order valence-electron chi connectivity index (χ0n) is 16.5. The summed E-state index contributed by atoms with van der Waals surface area (Å²) < 4.78 is 2.30. The average Bonchev–Trinajstić information content (AvgIpc) is 3.31. The first-order valence-corrected chi connectivity index (χ1v) is 11.8. The molecular weight excluding hydrogens is 512 g/mol. The van der Waals surface area contributed by atoms with Crippen molar-refractivity contribution < 1.29 is 9.59 Å². The van der Waals surface area contributed by atoms with E-state index in [-0.39, 0.29) is 10.9 Å². The molecule has 164 valence electrons. The summed E-state index contributed by atoms with van der Waals surface area (Å²) in [6.07, 6.45) is 2.59. The summed E-state index contributed by atoms with van der Waals surface area (Å²) >= 11 is 26.0. The maximum Gasteiger partial charge on any atom is 0.278 e. The molecule has 0 fully saturated rings. The number of nitrogens with zero attached hydrogens (tertiary/aromatic N) is 2. The summed E-state index contributed by atoms with van der Waals surface area (Å²) in [6.45, 7) is 1.79. The van der Waals surface area contributed by atoms with Crippen LogP contribution in [0.25, 0.3) is 5.69 Å². The Labute approximate surface area is 208 Å². The van der Waals surface area contributed by atoms with Gasteiger partial charge in [0, 0.05) is 21.2 Å². The van der Waals surface area contributed by atoms with Gasteiger partial charge in [-0.2, -0.15) is 5.10 Å². The Morgan fingerprint density at radius 2 is 1.72 bits per heavy atom. The maximum atomic E-state index is 13.0.